The summed E-state index contributed by atoms with van der Waals surface area (Å²) < 4.78 is 12.9. The van der Waals surface area contributed by atoms with E-state index in [0.29, 0.717) is 35.7 Å². The zero-order valence-electron chi connectivity index (χ0n) is 25.6. The van der Waals surface area contributed by atoms with E-state index in [1.165, 1.54) is 0 Å². The van der Waals surface area contributed by atoms with Gasteiger partial charge >= 0.3 is 5.97 Å². The Balaban J connectivity index is 1.21. The Morgan fingerprint density at radius 2 is 1.55 bits per heavy atom. The van der Waals surface area contributed by atoms with Gasteiger partial charge in [-0.1, -0.05) is 48.5 Å². The molecule has 0 aliphatic carbocycles. The minimum absolute atomic E-state index is 0.0496. The smallest absolute Gasteiger partial charge is 0.335 e. The number of hydrogen-bond acceptors (Lipinski definition) is 8. The number of rotatable bonds is 13. The fourth-order valence-electron chi connectivity index (χ4n) is 5.13. The predicted octanol–water partition coefficient (Wildman–Crippen LogP) is 6.54. The minimum Gasteiger partial charge on any atom is -0.478 e. The summed E-state index contributed by atoms with van der Waals surface area (Å²) in [6, 6.07) is 28.7. The van der Waals surface area contributed by atoms with Crippen LogP contribution in [0.3, 0.4) is 0 Å². The van der Waals surface area contributed by atoms with E-state index < -0.39 is 12.3 Å². The number of anilines is 3. The molecule has 0 unspecified atom stereocenters. The van der Waals surface area contributed by atoms with Crippen LogP contribution >= 0.6 is 11.8 Å². The third-order valence-corrected chi connectivity index (χ3v) is 8.78. The zero-order valence-corrected chi connectivity index (χ0v) is 26.5. The first-order valence-corrected chi connectivity index (χ1v) is 16.3. The van der Waals surface area contributed by atoms with E-state index in [4.69, 9.17) is 15.2 Å². The van der Waals surface area contributed by atoms with Gasteiger partial charge < -0.3 is 36.1 Å². The average Bonchev–Trinajstić information content (AvgIpc) is 3.08. The van der Waals surface area contributed by atoms with E-state index in [9.17, 15) is 24.6 Å². The molecule has 2 amide bonds. The number of carbonyl (C=O) groups is 3. The molecule has 0 radical (unpaired) electrons. The van der Waals surface area contributed by atoms with E-state index in [-0.39, 0.29) is 49.0 Å². The topological polar surface area (TPSA) is 160 Å². The summed E-state index contributed by atoms with van der Waals surface area (Å²) in [7, 11) is 0. The van der Waals surface area contributed by atoms with Crippen LogP contribution in [0.2, 0.25) is 0 Å². The second kappa shape index (κ2) is 16.2. The highest BCUT2D eigenvalue weighted by molar-refractivity contribution is 7.99. The summed E-state index contributed by atoms with van der Waals surface area (Å²) in [4.78, 5) is 37.2. The van der Waals surface area contributed by atoms with Crippen LogP contribution in [0, 0.1) is 0 Å². The van der Waals surface area contributed by atoms with Gasteiger partial charge in [0.1, 0.15) is 0 Å². The molecule has 1 heterocycles. The van der Waals surface area contributed by atoms with Crippen LogP contribution in [0.4, 0.5) is 17.1 Å². The Kier molecular flexibility index (Phi) is 11.6. The number of aromatic carboxylic acids is 1. The van der Waals surface area contributed by atoms with Gasteiger partial charge in [-0.3, -0.25) is 9.59 Å². The molecular weight excluding hydrogens is 618 g/mol. The lowest BCUT2D eigenvalue weighted by molar-refractivity contribution is -0.245. The molecule has 6 N–H and O–H groups in total. The molecule has 11 heteroatoms. The fraction of sp³-hybridized carbons (Fsp3) is 0.250. The monoisotopic (exact) mass is 655 g/mol. The van der Waals surface area contributed by atoms with Crippen LogP contribution < -0.4 is 16.4 Å². The maximum Gasteiger partial charge on any atom is 0.335 e. The van der Waals surface area contributed by atoms with E-state index in [0.717, 1.165) is 21.6 Å². The molecule has 5 rings (SSSR count). The van der Waals surface area contributed by atoms with Crippen LogP contribution in [0.1, 0.15) is 65.1 Å². The molecule has 0 bridgehead atoms. The lowest BCUT2D eigenvalue weighted by Crippen LogP contribution is -2.31. The Labute approximate surface area is 277 Å². The first-order valence-electron chi connectivity index (χ1n) is 15.3. The summed E-state index contributed by atoms with van der Waals surface area (Å²) >= 11 is 1.57. The van der Waals surface area contributed by atoms with Gasteiger partial charge in [0.2, 0.25) is 11.8 Å². The molecule has 4 aromatic carbocycles. The standard InChI is InChI=1S/C36H37N3O7S/c37-30-7-1-2-8-31(30)39-34(42)10-4-9-33(41)38-27-6-3-5-26(19-27)36-45-28(22-47-29-17-15-25(16-18-29)35(43)44)20-32(46-36)24-13-11-23(21-40)12-14-24/h1-3,5-8,11-19,28,32,36,40H,4,9-10,20-22,37H2,(H,38,41)(H,39,42)(H,43,44)/t28-,32+,36+/m1/s1. The highest BCUT2D eigenvalue weighted by atomic mass is 32.2. The van der Waals surface area contributed by atoms with Crippen molar-refractivity contribution in [1.29, 1.82) is 0 Å². The number of carboxylic acids is 1. The number of ether oxygens (including phenoxy) is 2. The summed E-state index contributed by atoms with van der Waals surface area (Å²) in [5.41, 5.74) is 10.2. The number of hydrogen-bond donors (Lipinski definition) is 5. The van der Waals surface area contributed by atoms with Gasteiger partial charge in [-0.15, -0.1) is 11.8 Å². The molecule has 1 fully saturated rings. The largest absolute Gasteiger partial charge is 0.478 e. The van der Waals surface area contributed by atoms with E-state index in [1.54, 1.807) is 66.4 Å². The number of amides is 2. The number of benzene rings is 4. The fourth-order valence-corrected chi connectivity index (χ4v) is 6.05. The van der Waals surface area contributed by atoms with Crippen LogP contribution in [0.25, 0.3) is 0 Å². The zero-order chi connectivity index (χ0) is 33.2. The Hall–Kier alpha value is -4.68. The highest BCUT2D eigenvalue weighted by Gasteiger charge is 2.32. The van der Waals surface area contributed by atoms with Gasteiger partial charge in [0.25, 0.3) is 0 Å². The Bertz CT molecular complexity index is 1680. The maximum absolute atomic E-state index is 12.7. The number of carboxylic acid groups (broad SMARTS) is 1. The molecule has 0 saturated carbocycles. The molecule has 0 spiro atoms. The van der Waals surface area contributed by atoms with Crippen molar-refractivity contribution in [1.82, 2.24) is 0 Å². The average molecular weight is 656 g/mol. The van der Waals surface area contributed by atoms with Crippen molar-refractivity contribution in [3.05, 3.63) is 119 Å². The third kappa shape index (κ3) is 9.66. The molecule has 0 aromatic heterocycles. The van der Waals surface area contributed by atoms with Crippen molar-refractivity contribution in [3.8, 4) is 0 Å². The number of nitrogens with one attached hydrogen (secondary N) is 2. The van der Waals surface area contributed by atoms with Crippen molar-refractivity contribution in [2.45, 2.75) is 55.7 Å². The number of nitrogen functional groups attached to an aromatic ring is 1. The Morgan fingerprint density at radius 1 is 0.830 bits per heavy atom. The summed E-state index contributed by atoms with van der Waals surface area (Å²) in [5.74, 6) is -0.791. The lowest BCUT2D eigenvalue weighted by Gasteiger charge is -2.36. The van der Waals surface area contributed by atoms with E-state index >= 15 is 0 Å². The second-order valence-electron chi connectivity index (χ2n) is 11.2. The quantitative estimate of drug-likeness (QED) is 0.0795. The molecule has 244 valence electrons. The summed E-state index contributed by atoms with van der Waals surface area (Å²) in [6.07, 6.45) is 0.113. The van der Waals surface area contributed by atoms with Crippen molar-refractivity contribution in [3.63, 3.8) is 0 Å². The summed E-state index contributed by atoms with van der Waals surface area (Å²) in [6.45, 7) is -0.0496. The van der Waals surface area contributed by atoms with Crippen molar-refractivity contribution in [2.75, 3.05) is 22.1 Å². The SMILES string of the molecule is Nc1ccccc1NC(=O)CCCC(=O)Nc1cccc([C@H]2O[C@@H](CSc3ccc(C(=O)O)cc3)C[C@@H](c3ccc(CO)cc3)O2)c1. The molecule has 1 aliphatic rings. The van der Waals surface area contributed by atoms with Gasteiger partial charge in [0, 0.05) is 41.2 Å². The van der Waals surface area contributed by atoms with Gasteiger partial charge in [0.05, 0.1) is 35.8 Å². The Morgan fingerprint density at radius 3 is 2.26 bits per heavy atom. The van der Waals surface area contributed by atoms with Crippen LogP contribution in [-0.4, -0.2) is 39.9 Å². The normalized spacial score (nSPS) is 17.5. The van der Waals surface area contributed by atoms with Gasteiger partial charge in [-0.05, 0) is 66.1 Å². The van der Waals surface area contributed by atoms with Crippen LogP contribution in [-0.2, 0) is 25.7 Å². The number of nitrogens with two attached hydrogens (primary N) is 1. The summed E-state index contributed by atoms with van der Waals surface area (Å²) in [5, 5.41) is 24.4. The second-order valence-corrected chi connectivity index (χ2v) is 12.2. The first kappa shape index (κ1) is 33.7. The van der Waals surface area contributed by atoms with Crippen LogP contribution in [0.15, 0.2) is 102 Å². The molecule has 1 aliphatic heterocycles. The third-order valence-electron chi connectivity index (χ3n) is 7.64. The molecular formula is C36H37N3O7S. The van der Waals surface area contributed by atoms with Crippen LogP contribution in [0.5, 0.6) is 0 Å². The van der Waals surface area contributed by atoms with Gasteiger partial charge in [-0.25, -0.2) is 4.79 Å². The van der Waals surface area contributed by atoms with Crippen molar-refractivity contribution < 1.29 is 34.1 Å². The lowest BCUT2D eigenvalue weighted by atomic mass is 10.0. The number of thioether (sulfide) groups is 1. The first-order chi connectivity index (χ1) is 22.8. The highest BCUT2D eigenvalue weighted by Crippen LogP contribution is 2.40. The molecule has 3 atom stereocenters. The number of carbonyl (C=O) groups excluding carboxylic acids is 2. The molecule has 10 nitrogen and oxygen atoms in total. The van der Waals surface area contributed by atoms with E-state index in [2.05, 4.69) is 10.6 Å². The molecule has 47 heavy (non-hydrogen) atoms. The molecule has 1 saturated heterocycles. The van der Waals surface area contributed by atoms with Gasteiger partial charge in [-0.2, -0.15) is 0 Å². The maximum atomic E-state index is 12.7. The number of para-hydroxylation sites is 2. The number of aliphatic hydroxyl groups is 1. The van der Waals surface area contributed by atoms with Crippen molar-refractivity contribution in [2.24, 2.45) is 0 Å². The van der Waals surface area contributed by atoms with Gasteiger partial charge in [0.15, 0.2) is 6.29 Å². The van der Waals surface area contributed by atoms with E-state index in [1.807, 2.05) is 42.5 Å². The minimum atomic E-state index is -0.970. The van der Waals surface area contributed by atoms with Crippen molar-refractivity contribution >= 4 is 46.6 Å². The molecule has 4 aromatic rings. The predicted molar refractivity (Wildman–Crippen MR) is 181 cm³/mol. The number of aliphatic hydroxyl groups excluding tert-OH is 1.